The molecule has 0 saturated carbocycles. The molecule has 0 unspecified atom stereocenters. The van der Waals surface area contributed by atoms with Gasteiger partial charge < -0.3 is 20.3 Å². The lowest BCUT2D eigenvalue weighted by Crippen LogP contribution is -2.51. The van der Waals surface area contributed by atoms with Crippen molar-refractivity contribution in [1.82, 2.24) is 20.0 Å². The van der Waals surface area contributed by atoms with Crippen molar-refractivity contribution in [2.75, 3.05) is 32.1 Å². The number of urea groups is 1. The van der Waals surface area contributed by atoms with Crippen LogP contribution in [0, 0.1) is 0 Å². The quantitative estimate of drug-likeness (QED) is 0.643. The van der Waals surface area contributed by atoms with Gasteiger partial charge in [-0.2, -0.15) is 5.10 Å². The number of nitrogens with one attached hydrogen (secondary N) is 2. The lowest BCUT2D eigenvalue weighted by Gasteiger charge is -2.28. The third-order valence-corrected chi connectivity index (χ3v) is 4.81. The fourth-order valence-electron chi connectivity index (χ4n) is 2.85. The molecular weight excluding hydrogens is 430 g/mol. The summed E-state index contributed by atoms with van der Waals surface area (Å²) in [5.41, 5.74) is 0.794. The molecule has 0 fully saturated rings. The van der Waals surface area contributed by atoms with Crippen molar-refractivity contribution >= 4 is 29.4 Å². The Kier molecular flexibility index (Phi) is 8.31. The number of ether oxygens (including phenoxy) is 1. The maximum Gasteiger partial charge on any atom is 0.318 e. The highest BCUT2D eigenvalue weighted by Crippen LogP contribution is 2.29. The molecule has 0 bridgehead atoms. The van der Waals surface area contributed by atoms with Gasteiger partial charge in [0.2, 0.25) is 5.91 Å². The minimum atomic E-state index is -0.427. The molecule has 1 heterocycles. The number of amides is 3. The molecule has 9 heteroatoms. The zero-order valence-electron chi connectivity index (χ0n) is 20.0. The van der Waals surface area contributed by atoms with Gasteiger partial charge in [-0.05, 0) is 32.9 Å². The first-order chi connectivity index (χ1) is 14.8. The van der Waals surface area contributed by atoms with E-state index in [4.69, 9.17) is 16.3 Å². The lowest BCUT2D eigenvalue weighted by molar-refractivity contribution is -0.116. The van der Waals surface area contributed by atoms with Gasteiger partial charge in [-0.1, -0.05) is 44.5 Å². The molecule has 3 amide bonds. The maximum absolute atomic E-state index is 12.9. The monoisotopic (exact) mass is 463 g/mol. The van der Waals surface area contributed by atoms with E-state index in [1.54, 1.807) is 17.9 Å². The lowest BCUT2D eigenvalue weighted by atomic mass is 9.92. The van der Waals surface area contributed by atoms with E-state index in [9.17, 15) is 9.59 Å². The average Bonchev–Trinajstić information content (AvgIpc) is 3.08. The second-order valence-electron chi connectivity index (χ2n) is 9.67. The molecule has 176 valence electrons. The molecule has 0 radical (unpaired) electrons. The smallest absolute Gasteiger partial charge is 0.318 e. The highest BCUT2D eigenvalue weighted by atomic mass is 35.5. The van der Waals surface area contributed by atoms with E-state index in [0.717, 1.165) is 5.69 Å². The molecule has 2 aromatic rings. The summed E-state index contributed by atoms with van der Waals surface area (Å²) in [6.45, 7) is 12.2. The first-order valence-electron chi connectivity index (χ1n) is 10.5. The standard InChI is InChI=1S/C23H34ClN5O3/c1-22(2,3)18-14-19(29(27-18)17-11-9-8-10-16(17)24)25-20(30)15-28(12-13-32-7)21(31)26-23(4,5)6/h8-11,14H,12-13,15H2,1-7H3,(H,25,30)(H,26,31). The molecule has 0 aliphatic carbocycles. The Hall–Kier alpha value is -2.58. The van der Waals surface area contributed by atoms with Gasteiger partial charge in [0, 0.05) is 30.7 Å². The van der Waals surface area contributed by atoms with Crippen molar-refractivity contribution in [3.8, 4) is 5.69 Å². The summed E-state index contributed by atoms with van der Waals surface area (Å²) in [4.78, 5) is 27.0. The summed E-state index contributed by atoms with van der Waals surface area (Å²) in [5, 5.41) is 11.0. The van der Waals surface area contributed by atoms with Crippen molar-refractivity contribution < 1.29 is 14.3 Å². The largest absolute Gasteiger partial charge is 0.383 e. The van der Waals surface area contributed by atoms with E-state index >= 15 is 0 Å². The zero-order valence-corrected chi connectivity index (χ0v) is 20.7. The fourth-order valence-corrected chi connectivity index (χ4v) is 3.07. The third-order valence-electron chi connectivity index (χ3n) is 4.49. The molecule has 0 atom stereocenters. The van der Waals surface area contributed by atoms with Gasteiger partial charge >= 0.3 is 6.03 Å². The van der Waals surface area contributed by atoms with Crippen molar-refractivity contribution in [2.45, 2.75) is 52.5 Å². The van der Waals surface area contributed by atoms with Crippen molar-refractivity contribution in [3.63, 3.8) is 0 Å². The Bertz CT molecular complexity index is 944. The second-order valence-corrected chi connectivity index (χ2v) is 10.1. The summed E-state index contributed by atoms with van der Waals surface area (Å²) in [7, 11) is 1.55. The Morgan fingerprint density at radius 3 is 2.38 bits per heavy atom. The summed E-state index contributed by atoms with van der Waals surface area (Å²) in [6.07, 6.45) is 0. The van der Waals surface area contributed by atoms with Crippen molar-refractivity contribution in [3.05, 3.63) is 41.0 Å². The van der Waals surface area contributed by atoms with Crippen molar-refractivity contribution in [2.24, 2.45) is 0 Å². The van der Waals surface area contributed by atoms with Gasteiger partial charge in [0.1, 0.15) is 12.4 Å². The number of nitrogens with zero attached hydrogens (tertiary/aromatic N) is 3. The number of benzene rings is 1. The molecular formula is C23H34ClN5O3. The SMILES string of the molecule is COCCN(CC(=O)Nc1cc(C(C)(C)C)nn1-c1ccccc1Cl)C(=O)NC(C)(C)C. The van der Waals surface area contributed by atoms with E-state index in [0.29, 0.717) is 23.1 Å². The molecule has 0 saturated heterocycles. The Balaban J connectivity index is 2.29. The number of methoxy groups -OCH3 is 1. The van der Waals surface area contributed by atoms with Gasteiger partial charge in [0.25, 0.3) is 0 Å². The summed E-state index contributed by atoms with van der Waals surface area (Å²) < 4.78 is 6.72. The van der Waals surface area contributed by atoms with Gasteiger partial charge in [0.15, 0.2) is 0 Å². The van der Waals surface area contributed by atoms with E-state index in [-0.39, 0.29) is 30.4 Å². The molecule has 1 aromatic heterocycles. The van der Waals surface area contributed by atoms with Crippen LogP contribution in [0.2, 0.25) is 5.02 Å². The predicted molar refractivity (Wildman–Crippen MR) is 128 cm³/mol. The fraction of sp³-hybridized carbons (Fsp3) is 0.522. The van der Waals surface area contributed by atoms with Crippen LogP contribution in [0.15, 0.2) is 30.3 Å². The van der Waals surface area contributed by atoms with Gasteiger partial charge in [-0.25, -0.2) is 9.48 Å². The number of carbonyl (C=O) groups is 2. The molecule has 0 aliphatic rings. The molecule has 0 aliphatic heterocycles. The summed E-state index contributed by atoms with van der Waals surface area (Å²) in [5.74, 6) is 0.134. The molecule has 32 heavy (non-hydrogen) atoms. The molecule has 2 rings (SSSR count). The minimum Gasteiger partial charge on any atom is -0.383 e. The second kappa shape index (κ2) is 10.4. The van der Waals surface area contributed by atoms with Crippen LogP contribution in [-0.2, 0) is 14.9 Å². The zero-order chi connectivity index (χ0) is 24.1. The normalized spacial score (nSPS) is 11.9. The molecule has 0 spiro atoms. The molecule has 1 aromatic carbocycles. The number of aromatic nitrogens is 2. The number of para-hydroxylation sites is 1. The van der Waals surface area contributed by atoms with Crippen LogP contribution in [0.1, 0.15) is 47.2 Å². The number of anilines is 1. The minimum absolute atomic E-state index is 0.135. The summed E-state index contributed by atoms with van der Waals surface area (Å²) >= 11 is 6.39. The van der Waals surface area contributed by atoms with Crippen LogP contribution in [0.25, 0.3) is 5.69 Å². The van der Waals surface area contributed by atoms with E-state index in [1.807, 2.05) is 65.8 Å². The Labute approximate surface area is 195 Å². The number of halogens is 1. The van der Waals surface area contributed by atoms with Crippen LogP contribution >= 0.6 is 11.6 Å². The molecule has 8 nitrogen and oxygen atoms in total. The van der Waals surface area contributed by atoms with Crippen LogP contribution in [0.3, 0.4) is 0 Å². The van der Waals surface area contributed by atoms with Gasteiger partial charge in [-0.3, -0.25) is 4.79 Å². The number of hydrogen-bond donors (Lipinski definition) is 2. The average molecular weight is 464 g/mol. The predicted octanol–water partition coefficient (Wildman–Crippen LogP) is 4.22. The van der Waals surface area contributed by atoms with Crippen LogP contribution in [0.4, 0.5) is 10.6 Å². The Morgan fingerprint density at radius 1 is 1.16 bits per heavy atom. The van der Waals surface area contributed by atoms with Crippen LogP contribution in [-0.4, -0.2) is 59.0 Å². The number of rotatable bonds is 7. The summed E-state index contributed by atoms with van der Waals surface area (Å²) in [6, 6.07) is 8.79. The first-order valence-corrected chi connectivity index (χ1v) is 10.9. The highest BCUT2D eigenvalue weighted by molar-refractivity contribution is 6.32. The number of hydrogen-bond acceptors (Lipinski definition) is 4. The Morgan fingerprint density at radius 2 is 1.81 bits per heavy atom. The van der Waals surface area contributed by atoms with Crippen molar-refractivity contribution in [1.29, 1.82) is 0 Å². The number of carbonyl (C=O) groups excluding carboxylic acids is 2. The first kappa shape index (κ1) is 25.7. The van der Waals surface area contributed by atoms with E-state index in [2.05, 4.69) is 15.7 Å². The van der Waals surface area contributed by atoms with Gasteiger partial charge in [0.05, 0.1) is 23.0 Å². The maximum atomic E-state index is 12.9. The highest BCUT2D eigenvalue weighted by Gasteiger charge is 2.25. The van der Waals surface area contributed by atoms with E-state index in [1.165, 1.54) is 4.90 Å². The molecule has 2 N–H and O–H groups in total. The van der Waals surface area contributed by atoms with E-state index < -0.39 is 5.54 Å². The van der Waals surface area contributed by atoms with Gasteiger partial charge in [-0.15, -0.1) is 0 Å². The van der Waals surface area contributed by atoms with Crippen LogP contribution in [0.5, 0.6) is 0 Å². The van der Waals surface area contributed by atoms with Crippen LogP contribution < -0.4 is 10.6 Å². The topological polar surface area (TPSA) is 88.5 Å². The third kappa shape index (κ3) is 7.24.